The molecular weight excluding hydrogens is 378 g/mol. The van der Waals surface area contributed by atoms with Crippen molar-refractivity contribution in [1.29, 1.82) is 0 Å². The molecule has 1 aromatic heterocycles. The van der Waals surface area contributed by atoms with E-state index in [2.05, 4.69) is 21.1 Å². The van der Waals surface area contributed by atoms with Gasteiger partial charge in [0.05, 0.1) is 13.7 Å². The highest BCUT2D eigenvalue weighted by atomic mass is 16.5. The van der Waals surface area contributed by atoms with Gasteiger partial charge < -0.3 is 10.1 Å². The molecule has 1 amide bonds. The number of hydrogen-bond donors (Lipinski definition) is 2. The van der Waals surface area contributed by atoms with Crippen LogP contribution in [0, 0.1) is 0 Å². The number of nitrogens with zero attached hydrogens (tertiary/aromatic N) is 3. The molecule has 0 atom stereocenters. The first-order valence-corrected chi connectivity index (χ1v) is 9.49. The van der Waals surface area contributed by atoms with Crippen molar-refractivity contribution in [2.45, 2.75) is 6.54 Å². The molecule has 0 fully saturated rings. The number of nitrogens with one attached hydrogen (secondary N) is 2. The summed E-state index contributed by atoms with van der Waals surface area (Å²) in [4.78, 5) is 14.1. The fourth-order valence-electron chi connectivity index (χ4n) is 3.02. The zero-order valence-corrected chi connectivity index (χ0v) is 16.4. The third-order valence-electron chi connectivity index (χ3n) is 4.60. The predicted octanol–water partition coefficient (Wildman–Crippen LogP) is 3.95. The summed E-state index contributed by atoms with van der Waals surface area (Å²) in [5, 5.41) is 11.8. The van der Waals surface area contributed by atoms with Gasteiger partial charge in [0.25, 0.3) is 5.91 Å². The summed E-state index contributed by atoms with van der Waals surface area (Å²) in [5.41, 5.74) is 6.64. The maximum absolute atomic E-state index is 12.7. The van der Waals surface area contributed by atoms with Crippen LogP contribution >= 0.6 is 0 Å². The molecule has 3 aromatic carbocycles. The number of benzene rings is 3. The standard InChI is InChI=1S/C23H21N5O2/c1-30-20-14-12-18(13-15-20)23(29)26-28-21(16-24-19-10-6-3-7-11-19)22(25-27-28)17-8-4-2-5-9-17/h2-15,24H,16H2,1H3,(H,26,29). The molecule has 7 heteroatoms. The topological polar surface area (TPSA) is 81.1 Å². The average molecular weight is 399 g/mol. The number of aromatic nitrogens is 3. The van der Waals surface area contributed by atoms with Gasteiger partial charge in [-0.1, -0.05) is 48.5 Å². The van der Waals surface area contributed by atoms with Crippen molar-refractivity contribution < 1.29 is 9.53 Å². The largest absolute Gasteiger partial charge is 0.497 e. The van der Waals surface area contributed by atoms with E-state index in [0.29, 0.717) is 23.6 Å². The fourth-order valence-corrected chi connectivity index (χ4v) is 3.02. The molecule has 0 aliphatic carbocycles. The first-order valence-electron chi connectivity index (χ1n) is 9.49. The maximum Gasteiger partial charge on any atom is 0.271 e. The van der Waals surface area contributed by atoms with Crippen LogP contribution in [0.5, 0.6) is 5.75 Å². The molecule has 4 aromatic rings. The zero-order valence-electron chi connectivity index (χ0n) is 16.4. The molecule has 30 heavy (non-hydrogen) atoms. The Morgan fingerprint density at radius 3 is 2.27 bits per heavy atom. The molecule has 0 aliphatic heterocycles. The van der Waals surface area contributed by atoms with Crippen LogP contribution in [0.3, 0.4) is 0 Å². The van der Waals surface area contributed by atoms with E-state index in [0.717, 1.165) is 16.9 Å². The molecule has 0 saturated heterocycles. The van der Waals surface area contributed by atoms with Crippen molar-refractivity contribution >= 4 is 11.6 Å². The third kappa shape index (κ3) is 4.30. The number of rotatable bonds is 7. The first-order chi connectivity index (χ1) is 14.7. The average Bonchev–Trinajstić information content (AvgIpc) is 3.21. The van der Waals surface area contributed by atoms with E-state index in [-0.39, 0.29) is 5.91 Å². The van der Waals surface area contributed by atoms with E-state index >= 15 is 0 Å². The number of hydrogen-bond acceptors (Lipinski definition) is 5. The summed E-state index contributed by atoms with van der Waals surface area (Å²) in [6.07, 6.45) is 0. The van der Waals surface area contributed by atoms with Crippen LogP contribution in [-0.2, 0) is 6.54 Å². The van der Waals surface area contributed by atoms with Gasteiger partial charge in [-0.25, -0.2) is 5.43 Å². The normalized spacial score (nSPS) is 10.4. The first kappa shape index (κ1) is 19.2. The van der Waals surface area contributed by atoms with E-state index in [9.17, 15) is 4.79 Å². The van der Waals surface area contributed by atoms with Crippen LogP contribution in [-0.4, -0.2) is 28.1 Å². The highest BCUT2D eigenvalue weighted by Crippen LogP contribution is 2.22. The second-order valence-electron chi connectivity index (χ2n) is 6.55. The molecule has 0 radical (unpaired) electrons. The number of carbonyl (C=O) groups is 1. The van der Waals surface area contributed by atoms with E-state index in [1.165, 1.54) is 4.79 Å². The lowest BCUT2D eigenvalue weighted by molar-refractivity contribution is 0.100. The van der Waals surface area contributed by atoms with Gasteiger partial charge in [-0.2, -0.15) is 4.79 Å². The third-order valence-corrected chi connectivity index (χ3v) is 4.60. The Labute approximate surface area is 174 Å². The number of ether oxygens (including phenoxy) is 1. The zero-order chi connectivity index (χ0) is 20.8. The quantitative estimate of drug-likeness (QED) is 0.492. The summed E-state index contributed by atoms with van der Waals surface area (Å²) in [7, 11) is 1.58. The molecule has 0 unspecified atom stereocenters. The molecule has 7 nitrogen and oxygen atoms in total. The van der Waals surface area contributed by atoms with Gasteiger partial charge in [0, 0.05) is 16.8 Å². The Hall–Kier alpha value is -4.13. The van der Waals surface area contributed by atoms with Crippen LogP contribution in [0.2, 0.25) is 0 Å². The van der Waals surface area contributed by atoms with Crippen LogP contribution in [0.4, 0.5) is 5.69 Å². The molecule has 2 N–H and O–H groups in total. The summed E-state index contributed by atoms with van der Waals surface area (Å²) in [6, 6.07) is 26.5. The Bertz CT molecular complexity index is 1110. The van der Waals surface area contributed by atoms with Crippen LogP contribution in [0.25, 0.3) is 11.3 Å². The molecule has 0 aliphatic rings. The van der Waals surface area contributed by atoms with Crippen LogP contribution < -0.4 is 15.5 Å². The van der Waals surface area contributed by atoms with E-state index < -0.39 is 0 Å². The number of para-hydroxylation sites is 1. The Balaban J connectivity index is 1.61. The second kappa shape index (κ2) is 8.91. The van der Waals surface area contributed by atoms with Gasteiger partial charge in [0.1, 0.15) is 17.1 Å². The number of methoxy groups -OCH3 is 1. The van der Waals surface area contributed by atoms with Gasteiger partial charge in [0.15, 0.2) is 0 Å². The number of anilines is 1. The Morgan fingerprint density at radius 2 is 1.60 bits per heavy atom. The van der Waals surface area contributed by atoms with Crippen molar-refractivity contribution in [3.05, 3.63) is 96.2 Å². The predicted molar refractivity (Wildman–Crippen MR) is 116 cm³/mol. The summed E-state index contributed by atoms with van der Waals surface area (Å²) >= 11 is 0. The lowest BCUT2D eigenvalue weighted by atomic mass is 10.1. The van der Waals surface area contributed by atoms with Crippen molar-refractivity contribution in [3.8, 4) is 17.0 Å². The van der Waals surface area contributed by atoms with Gasteiger partial charge in [0.2, 0.25) is 0 Å². The van der Waals surface area contributed by atoms with E-state index in [1.807, 2.05) is 60.7 Å². The van der Waals surface area contributed by atoms with E-state index in [4.69, 9.17) is 4.74 Å². The van der Waals surface area contributed by atoms with Gasteiger partial charge >= 0.3 is 0 Å². The highest BCUT2D eigenvalue weighted by molar-refractivity contribution is 6.00. The van der Waals surface area contributed by atoms with Crippen molar-refractivity contribution in [2.75, 3.05) is 17.9 Å². The SMILES string of the molecule is COc1ccc(C(=O)Nn2nnc(-c3ccccc3)c2CNc2ccccc2)cc1. The summed E-state index contributed by atoms with van der Waals surface area (Å²) < 4.78 is 5.15. The molecular formula is C23H21N5O2. The fraction of sp³-hybridized carbons (Fsp3) is 0.0870. The maximum atomic E-state index is 12.7. The van der Waals surface area contributed by atoms with E-state index in [1.54, 1.807) is 31.4 Å². The lowest BCUT2D eigenvalue weighted by Gasteiger charge is -2.11. The molecule has 1 heterocycles. The second-order valence-corrected chi connectivity index (χ2v) is 6.55. The Morgan fingerprint density at radius 1 is 0.933 bits per heavy atom. The van der Waals surface area contributed by atoms with Crippen LogP contribution in [0.15, 0.2) is 84.9 Å². The molecule has 0 spiro atoms. The summed E-state index contributed by atoms with van der Waals surface area (Å²) in [5.74, 6) is 0.398. The minimum atomic E-state index is -0.289. The van der Waals surface area contributed by atoms with Crippen molar-refractivity contribution in [3.63, 3.8) is 0 Å². The van der Waals surface area contributed by atoms with Crippen molar-refractivity contribution in [1.82, 2.24) is 15.1 Å². The van der Waals surface area contributed by atoms with Gasteiger partial charge in [-0.15, -0.1) is 5.10 Å². The molecule has 4 rings (SSSR count). The van der Waals surface area contributed by atoms with Crippen LogP contribution in [0.1, 0.15) is 16.1 Å². The monoisotopic (exact) mass is 399 g/mol. The Kier molecular flexibility index (Phi) is 5.70. The van der Waals surface area contributed by atoms with Gasteiger partial charge in [-0.05, 0) is 41.6 Å². The minimum absolute atomic E-state index is 0.289. The molecule has 0 saturated carbocycles. The molecule has 0 bridgehead atoms. The van der Waals surface area contributed by atoms with Crippen molar-refractivity contribution in [2.24, 2.45) is 0 Å². The smallest absolute Gasteiger partial charge is 0.271 e. The number of carbonyl (C=O) groups excluding carboxylic acids is 1. The number of amides is 1. The minimum Gasteiger partial charge on any atom is -0.497 e. The summed E-state index contributed by atoms with van der Waals surface area (Å²) in [6.45, 7) is 0.435. The van der Waals surface area contributed by atoms with Gasteiger partial charge in [-0.3, -0.25) is 4.79 Å². The molecule has 150 valence electrons. The lowest BCUT2D eigenvalue weighted by Crippen LogP contribution is -2.26. The highest BCUT2D eigenvalue weighted by Gasteiger charge is 2.17.